The first-order valence-electron chi connectivity index (χ1n) is 9.42. The average molecular weight is 515 g/mol. The van der Waals surface area contributed by atoms with Gasteiger partial charge in [-0.3, -0.25) is 4.72 Å². The highest BCUT2D eigenvalue weighted by Crippen LogP contribution is 2.39. The Morgan fingerprint density at radius 2 is 1.67 bits per heavy atom. The summed E-state index contributed by atoms with van der Waals surface area (Å²) in [6, 6.07) is 8.89. The molecule has 0 bridgehead atoms. The topological polar surface area (TPSA) is 111 Å². The minimum absolute atomic E-state index is 0.00560. The van der Waals surface area contributed by atoms with Crippen molar-refractivity contribution in [3.8, 4) is 0 Å². The van der Waals surface area contributed by atoms with Crippen LogP contribution in [0.15, 0.2) is 52.6 Å². The van der Waals surface area contributed by atoms with Crippen LogP contribution in [0.25, 0.3) is 0 Å². The van der Waals surface area contributed by atoms with E-state index in [4.69, 9.17) is 37.4 Å². The SMILES string of the molecule is COC(=O)C1=C(C(=O)OC)N(c2cc(NS(=O)(=O)c3ccc(C)cc3)c(Cl)cc2Cl)COC1. The molecule has 0 unspecified atom stereocenters. The minimum Gasteiger partial charge on any atom is -0.466 e. The van der Waals surface area contributed by atoms with Gasteiger partial charge in [0.15, 0.2) is 0 Å². The van der Waals surface area contributed by atoms with E-state index < -0.39 is 22.0 Å². The van der Waals surface area contributed by atoms with Gasteiger partial charge in [-0.25, -0.2) is 18.0 Å². The van der Waals surface area contributed by atoms with Crippen LogP contribution in [0, 0.1) is 6.92 Å². The molecule has 1 N–H and O–H groups in total. The van der Waals surface area contributed by atoms with Gasteiger partial charge in [0.05, 0.1) is 52.7 Å². The molecule has 33 heavy (non-hydrogen) atoms. The molecule has 9 nitrogen and oxygen atoms in total. The van der Waals surface area contributed by atoms with Gasteiger partial charge in [-0.2, -0.15) is 0 Å². The van der Waals surface area contributed by atoms with Crippen molar-refractivity contribution in [1.82, 2.24) is 0 Å². The summed E-state index contributed by atoms with van der Waals surface area (Å²) >= 11 is 12.6. The molecule has 0 aromatic heterocycles. The van der Waals surface area contributed by atoms with Crippen LogP contribution in [0.3, 0.4) is 0 Å². The Kier molecular flexibility index (Phi) is 7.53. The summed E-state index contributed by atoms with van der Waals surface area (Å²) < 4.78 is 43.1. The summed E-state index contributed by atoms with van der Waals surface area (Å²) in [5.74, 6) is -1.61. The number of hydrogen-bond acceptors (Lipinski definition) is 8. The highest BCUT2D eigenvalue weighted by Gasteiger charge is 2.34. The van der Waals surface area contributed by atoms with Gasteiger partial charge in [-0.1, -0.05) is 40.9 Å². The van der Waals surface area contributed by atoms with Crippen LogP contribution in [0.1, 0.15) is 5.56 Å². The Morgan fingerprint density at radius 3 is 2.27 bits per heavy atom. The summed E-state index contributed by atoms with van der Waals surface area (Å²) in [5.41, 5.74) is 0.834. The van der Waals surface area contributed by atoms with E-state index in [1.807, 2.05) is 6.92 Å². The summed E-state index contributed by atoms with van der Waals surface area (Å²) in [5, 5.41) is 0.101. The second-order valence-corrected chi connectivity index (χ2v) is 9.41. The number of halogens is 2. The van der Waals surface area contributed by atoms with Gasteiger partial charge in [0.25, 0.3) is 10.0 Å². The standard InChI is InChI=1S/C21H20Cl2N2O7S/c1-12-4-6-13(7-5-12)33(28,29)24-17-9-18(16(23)8-15(17)22)25-11-32-10-14(20(26)30-2)19(25)21(27)31-3/h4-9,24H,10-11H2,1-3H3. The quantitative estimate of drug-likeness (QED) is 0.583. The Morgan fingerprint density at radius 1 is 1.03 bits per heavy atom. The van der Waals surface area contributed by atoms with E-state index >= 15 is 0 Å². The lowest BCUT2D eigenvalue weighted by atomic mass is 10.1. The number of carbonyl (C=O) groups is 2. The first-order chi connectivity index (χ1) is 15.6. The lowest BCUT2D eigenvalue weighted by Crippen LogP contribution is -2.39. The predicted molar refractivity (Wildman–Crippen MR) is 123 cm³/mol. The predicted octanol–water partition coefficient (Wildman–Crippen LogP) is 3.50. The number of carbonyl (C=O) groups excluding carboxylic acids is 2. The van der Waals surface area contributed by atoms with Gasteiger partial charge < -0.3 is 19.1 Å². The van der Waals surface area contributed by atoms with Crippen molar-refractivity contribution in [3.63, 3.8) is 0 Å². The van der Waals surface area contributed by atoms with Gasteiger partial charge in [-0.15, -0.1) is 0 Å². The van der Waals surface area contributed by atoms with Crippen LogP contribution >= 0.6 is 23.2 Å². The fourth-order valence-corrected chi connectivity index (χ4v) is 4.74. The van der Waals surface area contributed by atoms with Crippen LogP contribution in [-0.4, -0.2) is 47.9 Å². The molecule has 12 heteroatoms. The number of benzene rings is 2. The van der Waals surface area contributed by atoms with Crippen LogP contribution in [0.5, 0.6) is 0 Å². The number of hydrogen-bond donors (Lipinski definition) is 1. The minimum atomic E-state index is -3.98. The smallest absolute Gasteiger partial charge is 0.355 e. The van der Waals surface area contributed by atoms with Gasteiger partial charge in [0, 0.05) is 0 Å². The molecular formula is C21H20Cl2N2O7S. The second kappa shape index (κ2) is 10.0. The Balaban J connectivity index is 2.09. The van der Waals surface area contributed by atoms with Crippen molar-refractivity contribution in [2.24, 2.45) is 0 Å². The first-order valence-corrected chi connectivity index (χ1v) is 11.7. The van der Waals surface area contributed by atoms with Crippen molar-refractivity contribution in [2.45, 2.75) is 11.8 Å². The molecule has 0 atom stereocenters. The van der Waals surface area contributed by atoms with E-state index in [2.05, 4.69) is 4.72 Å². The molecule has 0 amide bonds. The molecule has 0 aliphatic carbocycles. The van der Waals surface area contributed by atoms with Crippen molar-refractivity contribution in [3.05, 3.63) is 63.3 Å². The number of rotatable bonds is 6. The highest BCUT2D eigenvalue weighted by molar-refractivity contribution is 7.92. The number of aryl methyl sites for hydroxylation is 1. The number of methoxy groups -OCH3 is 2. The van der Waals surface area contributed by atoms with Crippen molar-refractivity contribution in [1.29, 1.82) is 0 Å². The van der Waals surface area contributed by atoms with Gasteiger partial charge in [-0.05, 0) is 31.2 Å². The normalized spacial score (nSPS) is 14.2. The van der Waals surface area contributed by atoms with Crippen molar-refractivity contribution >= 4 is 56.5 Å². The first kappa shape index (κ1) is 24.8. The van der Waals surface area contributed by atoms with Gasteiger partial charge in [0.2, 0.25) is 0 Å². The second-order valence-electron chi connectivity index (χ2n) is 6.92. The lowest BCUT2D eigenvalue weighted by molar-refractivity contribution is -0.140. The molecule has 0 fully saturated rings. The molecule has 2 aromatic carbocycles. The largest absolute Gasteiger partial charge is 0.466 e. The van der Waals surface area contributed by atoms with E-state index in [1.54, 1.807) is 12.1 Å². The van der Waals surface area contributed by atoms with E-state index in [0.717, 1.165) is 19.8 Å². The Hall–Kier alpha value is -2.79. The molecular weight excluding hydrogens is 495 g/mol. The Bertz CT molecular complexity index is 1230. The fraction of sp³-hybridized carbons (Fsp3) is 0.238. The van der Waals surface area contributed by atoms with Crippen LogP contribution in [0.2, 0.25) is 10.0 Å². The molecule has 0 saturated heterocycles. The van der Waals surface area contributed by atoms with E-state index in [0.29, 0.717) is 0 Å². The third-order valence-electron chi connectivity index (χ3n) is 4.74. The third kappa shape index (κ3) is 5.25. The zero-order chi connectivity index (χ0) is 24.3. The molecule has 1 aliphatic rings. The molecule has 1 aliphatic heterocycles. The molecule has 1 heterocycles. The maximum Gasteiger partial charge on any atom is 0.355 e. The molecule has 0 spiro atoms. The zero-order valence-electron chi connectivity index (χ0n) is 17.8. The number of nitrogens with one attached hydrogen (secondary N) is 1. The number of esters is 2. The monoisotopic (exact) mass is 514 g/mol. The third-order valence-corrected chi connectivity index (χ3v) is 6.73. The number of anilines is 2. The maximum absolute atomic E-state index is 12.9. The van der Waals surface area contributed by atoms with Crippen molar-refractivity contribution < 1.29 is 32.2 Å². The zero-order valence-corrected chi connectivity index (χ0v) is 20.2. The van der Waals surface area contributed by atoms with Gasteiger partial charge >= 0.3 is 11.9 Å². The highest BCUT2D eigenvalue weighted by atomic mass is 35.5. The van der Waals surface area contributed by atoms with Gasteiger partial charge in [0.1, 0.15) is 12.4 Å². The summed E-state index contributed by atoms with van der Waals surface area (Å²) in [6.45, 7) is 1.48. The van der Waals surface area contributed by atoms with Crippen LogP contribution in [-0.2, 0) is 33.8 Å². The molecule has 0 saturated carbocycles. The van der Waals surface area contributed by atoms with Crippen LogP contribution < -0.4 is 9.62 Å². The fourth-order valence-electron chi connectivity index (χ4n) is 3.08. The maximum atomic E-state index is 12.9. The van der Waals surface area contributed by atoms with Crippen molar-refractivity contribution in [2.75, 3.05) is 37.2 Å². The lowest BCUT2D eigenvalue weighted by Gasteiger charge is -2.32. The van der Waals surface area contributed by atoms with E-state index in [1.165, 1.54) is 29.2 Å². The Labute approximate surface area is 200 Å². The summed E-state index contributed by atoms with van der Waals surface area (Å²) in [4.78, 5) is 26.0. The molecule has 176 valence electrons. The molecule has 3 rings (SSSR count). The average Bonchev–Trinajstić information content (AvgIpc) is 2.79. The molecule has 2 aromatic rings. The van der Waals surface area contributed by atoms with Crippen LogP contribution in [0.4, 0.5) is 11.4 Å². The van der Waals surface area contributed by atoms with E-state index in [9.17, 15) is 18.0 Å². The number of nitrogens with zero attached hydrogens (tertiary/aromatic N) is 1. The summed E-state index contributed by atoms with van der Waals surface area (Å²) in [6.07, 6.45) is 0. The molecule has 0 radical (unpaired) electrons. The summed E-state index contributed by atoms with van der Waals surface area (Å²) in [7, 11) is -1.66. The number of ether oxygens (including phenoxy) is 3. The number of sulfonamides is 1. The van der Waals surface area contributed by atoms with E-state index in [-0.39, 0.29) is 50.9 Å².